The van der Waals surface area contributed by atoms with Gasteiger partial charge in [-0.3, -0.25) is 0 Å². The maximum absolute atomic E-state index is 15.3. The maximum Gasteiger partial charge on any atom is 0.258 e. The van der Waals surface area contributed by atoms with Crippen LogP contribution in [0.25, 0.3) is 5.47 Å². The van der Waals surface area contributed by atoms with Crippen LogP contribution in [0.3, 0.4) is 0 Å². The normalized spacial score (nSPS) is 12.5. The molecule has 0 unspecified atom stereocenters. The first-order valence-electron chi connectivity index (χ1n) is 11.6. The highest BCUT2D eigenvalue weighted by Gasteiger charge is 2.46. The molecule has 0 fully saturated rings. The largest absolute Gasteiger partial charge is 0.258 e. The Morgan fingerprint density at radius 2 is 0.674 bits per heavy atom. The smallest absolute Gasteiger partial charge is 0.204 e. The lowest BCUT2D eigenvalue weighted by atomic mass is 9.34. The first-order chi connectivity index (χ1) is 19.6. The summed E-state index contributed by atoms with van der Waals surface area (Å²) in [5.74, 6) is -43.0. The standard InChI is InChI=1S/C26H14BF15Si/c1-6(2)26(43(3,4)5)8(7-11(28)17(34)23(40)18(35)12(7)29)27(9-13(30)19(36)24(41)20(37)14(9)31)10-15(32)21(38)25(42)22(39)16(10)33/h1H2,2-5H3/b26-8-. The summed E-state index contributed by atoms with van der Waals surface area (Å²) in [4.78, 5) is 0. The number of rotatable bonds is 6. The van der Waals surface area contributed by atoms with Crippen LogP contribution in [0.5, 0.6) is 0 Å². The molecule has 0 amide bonds. The fourth-order valence-corrected chi connectivity index (χ4v) is 7.07. The Bertz CT molecular complexity index is 1580. The minimum Gasteiger partial charge on any atom is -0.204 e. The van der Waals surface area contributed by atoms with Gasteiger partial charge >= 0.3 is 0 Å². The van der Waals surface area contributed by atoms with Gasteiger partial charge in [0.25, 0.3) is 6.71 Å². The summed E-state index contributed by atoms with van der Waals surface area (Å²) >= 11 is 0. The second kappa shape index (κ2) is 11.5. The summed E-state index contributed by atoms with van der Waals surface area (Å²) < 4.78 is 220. The van der Waals surface area contributed by atoms with Gasteiger partial charge in [0.05, 0.1) is 8.07 Å². The molecule has 0 atom stereocenters. The molecule has 0 aliphatic rings. The third-order valence-electron chi connectivity index (χ3n) is 6.28. The van der Waals surface area contributed by atoms with Crippen LogP contribution in [-0.4, -0.2) is 14.8 Å². The van der Waals surface area contributed by atoms with E-state index < -0.39 is 135 Å². The van der Waals surface area contributed by atoms with Gasteiger partial charge < -0.3 is 0 Å². The van der Waals surface area contributed by atoms with E-state index in [1.807, 2.05) is 0 Å². The predicted molar refractivity (Wildman–Crippen MR) is 129 cm³/mol. The van der Waals surface area contributed by atoms with Crippen LogP contribution in [-0.2, 0) is 0 Å². The van der Waals surface area contributed by atoms with Crippen molar-refractivity contribution in [3.63, 3.8) is 0 Å². The van der Waals surface area contributed by atoms with Crippen molar-refractivity contribution < 1.29 is 65.9 Å². The van der Waals surface area contributed by atoms with Crippen LogP contribution >= 0.6 is 0 Å². The Morgan fingerprint density at radius 3 is 0.907 bits per heavy atom. The molecule has 230 valence electrons. The summed E-state index contributed by atoms with van der Waals surface area (Å²) in [6.45, 7) is 4.43. The molecule has 0 saturated heterocycles. The predicted octanol–water partition coefficient (Wildman–Crippen LogP) is 7.83. The molecule has 43 heavy (non-hydrogen) atoms. The van der Waals surface area contributed by atoms with Crippen molar-refractivity contribution in [2.24, 2.45) is 0 Å². The number of allylic oxidation sites excluding steroid dienone is 2. The van der Waals surface area contributed by atoms with Crippen molar-refractivity contribution in [2.75, 3.05) is 0 Å². The van der Waals surface area contributed by atoms with Crippen molar-refractivity contribution in [1.82, 2.24) is 0 Å². The quantitative estimate of drug-likeness (QED) is 0.0840. The van der Waals surface area contributed by atoms with Crippen molar-refractivity contribution in [1.29, 1.82) is 0 Å². The van der Waals surface area contributed by atoms with Gasteiger partial charge in [-0.1, -0.05) is 42.5 Å². The molecule has 0 N–H and O–H groups in total. The molecule has 0 aromatic heterocycles. The number of hydrogen-bond donors (Lipinski definition) is 0. The van der Waals surface area contributed by atoms with Gasteiger partial charge in [-0.15, -0.1) is 0 Å². The van der Waals surface area contributed by atoms with E-state index in [0.29, 0.717) is 0 Å². The third kappa shape index (κ3) is 5.25. The second-order valence-electron chi connectivity index (χ2n) is 10.2. The Labute approximate surface area is 234 Å². The fourth-order valence-electron chi connectivity index (χ4n) is 4.71. The van der Waals surface area contributed by atoms with Crippen LogP contribution in [0.1, 0.15) is 12.5 Å². The highest BCUT2D eigenvalue weighted by Crippen LogP contribution is 2.38. The molecule has 3 aromatic rings. The molecule has 0 nitrogen and oxygen atoms in total. The van der Waals surface area contributed by atoms with Gasteiger partial charge in [-0.2, -0.15) is 0 Å². The molecule has 0 spiro atoms. The summed E-state index contributed by atoms with van der Waals surface area (Å²) in [5, 5.41) is -0.756. The topological polar surface area (TPSA) is 0 Å². The van der Waals surface area contributed by atoms with Crippen molar-refractivity contribution >= 4 is 31.2 Å². The highest BCUT2D eigenvalue weighted by molar-refractivity contribution is 7.02. The van der Waals surface area contributed by atoms with E-state index >= 15 is 26.3 Å². The van der Waals surface area contributed by atoms with Gasteiger partial charge in [0.2, 0.25) is 5.82 Å². The molecule has 3 aromatic carbocycles. The van der Waals surface area contributed by atoms with Crippen LogP contribution < -0.4 is 10.9 Å². The third-order valence-corrected chi connectivity index (χ3v) is 8.47. The van der Waals surface area contributed by atoms with Gasteiger partial charge in [0, 0.05) is 16.5 Å². The molecule has 3 rings (SSSR count). The Kier molecular flexibility index (Phi) is 9.03. The first kappa shape index (κ1) is 33.9. The average Bonchev–Trinajstić information content (AvgIpc) is 2.92. The zero-order valence-corrected chi connectivity index (χ0v) is 23.0. The zero-order chi connectivity index (χ0) is 33.2. The molecule has 0 bridgehead atoms. The average molecular weight is 650 g/mol. The van der Waals surface area contributed by atoms with Crippen molar-refractivity contribution in [3.8, 4) is 0 Å². The van der Waals surface area contributed by atoms with Crippen LogP contribution in [0.2, 0.25) is 19.6 Å². The van der Waals surface area contributed by atoms with Gasteiger partial charge in [-0.25, -0.2) is 65.9 Å². The summed E-state index contributed by atoms with van der Waals surface area (Å²) in [5.41, 5.74) is -9.30. The summed E-state index contributed by atoms with van der Waals surface area (Å²) in [6.07, 6.45) is 0. The van der Waals surface area contributed by atoms with Crippen LogP contribution in [0.15, 0.2) is 17.3 Å². The molecule has 0 aliphatic carbocycles. The Balaban J connectivity index is 2.93. The Hall–Kier alpha value is -3.63. The molecule has 0 radical (unpaired) electrons. The maximum atomic E-state index is 15.3. The van der Waals surface area contributed by atoms with Gasteiger partial charge in [0.15, 0.2) is 81.4 Å². The van der Waals surface area contributed by atoms with E-state index in [2.05, 4.69) is 6.58 Å². The van der Waals surface area contributed by atoms with E-state index in [4.69, 9.17) is 0 Å². The van der Waals surface area contributed by atoms with E-state index in [-0.39, 0.29) is 0 Å². The van der Waals surface area contributed by atoms with E-state index in [1.165, 1.54) is 19.6 Å². The molecule has 0 saturated carbocycles. The monoisotopic (exact) mass is 650 g/mol. The minimum atomic E-state index is -3.62. The first-order valence-corrected chi connectivity index (χ1v) is 15.1. The van der Waals surface area contributed by atoms with Crippen molar-refractivity contribution in [3.05, 3.63) is 110 Å². The minimum absolute atomic E-state index is 0.462. The van der Waals surface area contributed by atoms with E-state index in [9.17, 15) is 39.5 Å². The zero-order valence-electron chi connectivity index (χ0n) is 22.0. The molecular weight excluding hydrogens is 636 g/mol. The summed E-state index contributed by atoms with van der Waals surface area (Å²) in [7, 11) is -3.57. The van der Waals surface area contributed by atoms with E-state index in [1.54, 1.807) is 0 Å². The van der Waals surface area contributed by atoms with Gasteiger partial charge in [-0.05, 0) is 6.92 Å². The SMILES string of the molecule is C=C(C)/C(=C(/B(c1c(F)c(F)c(F)c(F)c1F)c1c(F)c(F)c(F)c(F)c1F)c1c(F)c(F)c(F)c(F)c1F)[Si](C)(C)C. The van der Waals surface area contributed by atoms with Gasteiger partial charge in [0.1, 0.15) is 0 Å². The van der Waals surface area contributed by atoms with E-state index in [0.717, 1.165) is 6.92 Å². The lowest BCUT2D eigenvalue weighted by molar-refractivity contribution is 0.376. The number of hydrogen-bond acceptors (Lipinski definition) is 0. The lowest BCUT2D eigenvalue weighted by Crippen LogP contribution is -2.53. The number of benzene rings is 3. The molecule has 0 heterocycles. The second-order valence-corrected chi connectivity index (χ2v) is 15.2. The Morgan fingerprint density at radius 1 is 0.442 bits per heavy atom. The van der Waals surface area contributed by atoms with Crippen molar-refractivity contribution in [2.45, 2.75) is 26.6 Å². The lowest BCUT2D eigenvalue weighted by Gasteiger charge is -2.31. The summed E-state index contributed by atoms with van der Waals surface area (Å²) in [6, 6.07) is 0. The molecule has 0 aliphatic heterocycles. The highest BCUT2D eigenvalue weighted by atomic mass is 28.3. The fraction of sp³-hybridized carbons (Fsp3) is 0.154. The molecular formula is C26H14BF15Si. The number of halogens is 15. The van der Waals surface area contributed by atoms with Crippen LogP contribution in [0, 0.1) is 87.3 Å². The van der Waals surface area contributed by atoms with Crippen LogP contribution in [0.4, 0.5) is 65.9 Å². The molecule has 17 heteroatoms.